The lowest BCUT2D eigenvalue weighted by Gasteiger charge is -2.06. The number of anilines is 1. The van der Waals surface area contributed by atoms with Crippen LogP contribution in [0.4, 0.5) is 10.1 Å². The van der Waals surface area contributed by atoms with Gasteiger partial charge < -0.3 is 5.32 Å². The van der Waals surface area contributed by atoms with Gasteiger partial charge in [0.05, 0.1) is 10.0 Å². The lowest BCUT2D eigenvalue weighted by atomic mass is 10.2. The van der Waals surface area contributed by atoms with Crippen LogP contribution in [0.1, 0.15) is 10.4 Å². The molecule has 1 aromatic carbocycles. The third-order valence-corrected chi connectivity index (χ3v) is 3.13. The van der Waals surface area contributed by atoms with Gasteiger partial charge in [0.2, 0.25) is 0 Å². The summed E-state index contributed by atoms with van der Waals surface area (Å²) in [5, 5.41) is 2.65. The Morgan fingerprint density at radius 2 is 2.17 bits per heavy atom. The fourth-order valence-corrected chi connectivity index (χ4v) is 1.78. The molecule has 0 aliphatic rings. The second-order valence-electron chi connectivity index (χ2n) is 3.42. The van der Waals surface area contributed by atoms with Gasteiger partial charge in [-0.15, -0.1) is 0 Å². The number of hydrogen-bond acceptors (Lipinski definition) is 2. The molecule has 1 heterocycles. The van der Waals surface area contributed by atoms with Crippen molar-refractivity contribution in [2.24, 2.45) is 0 Å². The van der Waals surface area contributed by atoms with Crippen LogP contribution < -0.4 is 5.32 Å². The number of benzene rings is 1. The molecule has 92 valence electrons. The molecule has 1 amide bonds. The molecule has 2 rings (SSSR count). The number of carbonyl (C=O) groups is 1. The first kappa shape index (κ1) is 13.0. The number of pyridine rings is 1. The van der Waals surface area contributed by atoms with Gasteiger partial charge in [-0.05, 0) is 46.3 Å². The van der Waals surface area contributed by atoms with E-state index in [1.54, 1.807) is 18.2 Å². The average Bonchev–Trinajstić information content (AvgIpc) is 2.34. The first-order chi connectivity index (χ1) is 8.58. The van der Waals surface area contributed by atoms with Crippen LogP contribution in [0.15, 0.2) is 41.0 Å². The SMILES string of the molecule is O=C(Nc1ccc(Br)c(F)c1)c1cccnc1Cl. The van der Waals surface area contributed by atoms with Crippen LogP contribution >= 0.6 is 27.5 Å². The molecule has 2 aromatic rings. The Hall–Kier alpha value is -1.46. The van der Waals surface area contributed by atoms with Crippen molar-refractivity contribution in [3.63, 3.8) is 0 Å². The van der Waals surface area contributed by atoms with Gasteiger partial charge in [-0.1, -0.05) is 11.6 Å². The monoisotopic (exact) mass is 328 g/mol. The summed E-state index contributed by atoms with van der Waals surface area (Å²) in [6, 6.07) is 7.44. The zero-order valence-electron chi connectivity index (χ0n) is 8.95. The van der Waals surface area contributed by atoms with Crippen LogP contribution in [-0.2, 0) is 0 Å². The minimum Gasteiger partial charge on any atom is -0.322 e. The minimum atomic E-state index is -0.454. The van der Waals surface area contributed by atoms with Crippen LogP contribution in [0.5, 0.6) is 0 Å². The highest BCUT2D eigenvalue weighted by Gasteiger charge is 2.11. The largest absolute Gasteiger partial charge is 0.322 e. The highest BCUT2D eigenvalue weighted by molar-refractivity contribution is 9.10. The van der Waals surface area contributed by atoms with E-state index in [1.165, 1.54) is 18.3 Å². The van der Waals surface area contributed by atoms with Crippen LogP contribution in [0, 0.1) is 5.82 Å². The van der Waals surface area contributed by atoms with Crippen molar-refractivity contribution >= 4 is 39.1 Å². The summed E-state index contributed by atoms with van der Waals surface area (Å²) in [5.74, 6) is -0.889. The topological polar surface area (TPSA) is 42.0 Å². The molecule has 3 nitrogen and oxygen atoms in total. The van der Waals surface area contributed by atoms with Crippen molar-refractivity contribution in [2.75, 3.05) is 5.32 Å². The summed E-state index contributed by atoms with van der Waals surface area (Å²) in [6.07, 6.45) is 1.48. The minimum absolute atomic E-state index is 0.104. The molecule has 0 aliphatic heterocycles. The molecule has 0 bridgehead atoms. The molecule has 6 heteroatoms. The van der Waals surface area contributed by atoms with Crippen LogP contribution in [-0.4, -0.2) is 10.9 Å². The van der Waals surface area contributed by atoms with Gasteiger partial charge in [-0.2, -0.15) is 0 Å². The number of nitrogens with zero attached hydrogens (tertiary/aromatic N) is 1. The first-order valence-electron chi connectivity index (χ1n) is 4.95. The quantitative estimate of drug-likeness (QED) is 0.849. The summed E-state index contributed by atoms with van der Waals surface area (Å²) in [6.45, 7) is 0. The standard InChI is InChI=1S/C12H7BrClFN2O/c13-9-4-3-7(6-10(9)15)17-12(18)8-2-1-5-16-11(8)14/h1-6H,(H,17,18). The maximum absolute atomic E-state index is 13.3. The van der Waals surface area contributed by atoms with Crippen molar-refractivity contribution in [3.05, 3.63) is 57.5 Å². The van der Waals surface area contributed by atoms with Crippen molar-refractivity contribution in [1.82, 2.24) is 4.98 Å². The first-order valence-corrected chi connectivity index (χ1v) is 6.12. The lowest BCUT2D eigenvalue weighted by Crippen LogP contribution is -2.13. The Balaban J connectivity index is 2.22. The van der Waals surface area contributed by atoms with E-state index < -0.39 is 11.7 Å². The highest BCUT2D eigenvalue weighted by atomic mass is 79.9. The summed E-state index contributed by atoms with van der Waals surface area (Å²) in [5.41, 5.74) is 0.586. The van der Waals surface area contributed by atoms with Crippen LogP contribution in [0.25, 0.3) is 0 Å². The smallest absolute Gasteiger partial charge is 0.258 e. The summed E-state index contributed by atoms with van der Waals surface area (Å²) >= 11 is 8.82. The molecule has 0 fully saturated rings. The molecule has 0 radical (unpaired) electrons. The zero-order valence-corrected chi connectivity index (χ0v) is 11.3. The second kappa shape index (κ2) is 5.46. The summed E-state index contributed by atoms with van der Waals surface area (Å²) in [4.78, 5) is 15.7. The zero-order chi connectivity index (χ0) is 13.1. The van der Waals surface area contributed by atoms with Gasteiger partial charge in [0.15, 0.2) is 0 Å². The molecular weight excluding hydrogens is 322 g/mol. The van der Waals surface area contributed by atoms with E-state index in [9.17, 15) is 9.18 Å². The van der Waals surface area contributed by atoms with Gasteiger partial charge in [-0.25, -0.2) is 9.37 Å². The third kappa shape index (κ3) is 2.86. The normalized spacial score (nSPS) is 10.2. The predicted octanol–water partition coefficient (Wildman–Crippen LogP) is 3.89. The Labute approximate surface area is 116 Å². The maximum atomic E-state index is 13.3. The molecule has 0 spiro atoms. The van der Waals surface area contributed by atoms with Crippen molar-refractivity contribution < 1.29 is 9.18 Å². The molecule has 0 atom stereocenters. The van der Waals surface area contributed by atoms with Gasteiger partial charge in [0, 0.05) is 11.9 Å². The molecule has 0 saturated carbocycles. The average molecular weight is 330 g/mol. The highest BCUT2D eigenvalue weighted by Crippen LogP contribution is 2.20. The fourth-order valence-electron chi connectivity index (χ4n) is 1.33. The molecule has 1 N–H and O–H groups in total. The summed E-state index contributed by atoms with van der Waals surface area (Å²) < 4.78 is 13.6. The van der Waals surface area contributed by atoms with E-state index in [-0.39, 0.29) is 10.7 Å². The van der Waals surface area contributed by atoms with Crippen molar-refractivity contribution in [2.45, 2.75) is 0 Å². The predicted molar refractivity (Wildman–Crippen MR) is 71.3 cm³/mol. The molecule has 0 saturated heterocycles. The number of nitrogens with one attached hydrogen (secondary N) is 1. The number of rotatable bonds is 2. The number of aromatic nitrogens is 1. The number of hydrogen-bond donors (Lipinski definition) is 1. The molecule has 0 unspecified atom stereocenters. The number of amides is 1. The second-order valence-corrected chi connectivity index (χ2v) is 4.64. The number of carbonyl (C=O) groups excluding carboxylic acids is 1. The van der Waals surface area contributed by atoms with Crippen molar-refractivity contribution in [3.8, 4) is 0 Å². The van der Waals surface area contributed by atoms with E-state index in [1.807, 2.05) is 0 Å². The molecular formula is C12H7BrClFN2O. The maximum Gasteiger partial charge on any atom is 0.258 e. The van der Waals surface area contributed by atoms with Gasteiger partial charge in [-0.3, -0.25) is 4.79 Å². The van der Waals surface area contributed by atoms with Gasteiger partial charge in [0.1, 0.15) is 11.0 Å². The molecule has 18 heavy (non-hydrogen) atoms. The van der Waals surface area contributed by atoms with E-state index in [4.69, 9.17) is 11.6 Å². The van der Waals surface area contributed by atoms with Gasteiger partial charge >= 0.3 is 0 Å². The lowest BCUT2D eigenvalue weighted by molar-refractivity contribution is 0.102. The Kier molecular flexibility index (Phi) is 3.93. The Morgan fingerprint density at radius 3 is 2.83 bits per heavy atom. The summed E-state index contributed by atoms with van der Waals surface area (Å²) in [7, 11) is 0. The van der Waals surface area contributed by atoms with Crippen LogP contribution in [0.3, 0.4) is 0 Å². The number of halogens is 3. The van der Waals surface area contributed by atoms with Crippen LogP contribution in [0.2, 0.25) is 5.15 Å². The van der Waals surface area contributed by atoms with E-state index in [0.717, 1.165) is 0 Å². The Bertz CT molecular complexity index is 606. The van der Waals surface area contributed by atoms with E-state index in [2.05, 4.69) is 26.2 Å². The van der Waals surface area contributed by atoms with Gasteiger partial charge in [0.25, 0.3) is 5.91 Å². The molecule has 1 aromatic heterocycles. The van der Waals surface area contributed by atoms with E-state index in [0.29, 0.717) is 10.2 Å². The fraction of sp³-hybridized carbons (Fsp3) is 0. The molecule has 0 aliphatic carbocycles. The van der Waals surface area contributed by atoms with Crippen molar-refractivity contribution in [1.29, 1.82) is 0 Å². The Morgan fingerprint density at radius 1 is 1.39 bits per heavy atom. The van der Waals surface area contributed by atoms with E-state index >= 15 is 0 Å². The third-order valence-electron chi connectivity index (χ3n) is 2.18.